The third kappa shape index (κ3) is 5.21. The summed E-state index contributed by atoms with van der Waals surface area (Å²) in [6.07, 6.45) is 4.02. The maximum atomic E-state index is 13.0. The van der Waals surface area contributed by atoms with E-state index in [4.69, 9.17) is 12.2 Å². The fraction of sp³-hybridized carbons (Fsp3) is 0.158. The van der Waals surface area contributed by atoms with E-state index in [1.807, 2.05) is 0 Å². The van der Waals surface area contributed by atoms with Gasteiger partial charge in [-0.3, -0.25) is 14.5 Å². The molecule has 1 aliphatic heterocycles. The number of hydrogen-bond acceptors (Lipinski definition) is 5. The van der Waals surface area contributed by atoms with E-state index in [2.05, 4.69) is 10.3 Å². The highest BCUT2D eigenvalue weighted by Crippen LogP contribution is 2.32. The van der Waals surface area contributed by atoms with Crippen molar-refractivity contribution < 1.29 is 14.0 Å². The monoisotopic (exact) mass is 401 g/mol. The van der Waals surface area contributed by atoms with Gasteiger partial charge in [0.2, 0.25) is 5.91 Å². The largest absolute Gasteiger partial charge is 0.311 e. The number of carbonyl (C=O) groups is 2. The van der Waals surface area contributed by atoms with Gasteiger partial charge in [-0.2, -0.15) is 0 Å². The van der Waals surface area contributed by atoms with Crippen molar-refractivity contribution in [2.45, 2.75) is 12.8 Å². The molecule has 1 N–H and O–H groups in total. The summed E-state index contributed by atoms with van der Waals surface area (Å²) in [6, 6.07) is 11.1. The Bertz CT molecular complexity index is 886. The average Bonchev–Trinajstić information content (AvgIpc) is 2.92. The normalized spacial score (nSPS) is 15.4. The number of hydrogen-bond donors (Lipinski definition) is 1. The van der Waals surface area contributed by atoms with Crippen molar-refractivity contribution in [3.05, 3.63) is 64.9 Å². The first-order valence-corrected chi connectivity index (χ1v) is 9.47. The molecule has 2 heterocycles. The number of aromatic nitrogens is 1. The summed E-state index contributed by atoms with van der Waals surface area (Å²) in [5, 5.41) is 2.70. The molecule has 1 aromatic heterocycles. The van der Waals surface area contributed by atoms with Crippen molar-refractivity contribution in [1.82, 2.24) is 9.88 Å². The molecule has 1 fully saturated rings. The molecule has 0 saturated carbocycles. The molecule has 1 aliphatic rings. The van der Waals surface area contributed by atoms with Crippen molar-refractivity contribution in [3.63, 3.8) is 0 Å². The van der Waals surface area contributed by atoms with Gasteiger partial charge in [0.25, 0.3) is 5.91 Å². The highest BCUT2D eigenvalue weighted by Gasteiger charge is 2.31. The summed E-state index contributed by atoms with van der Waals surface area (Å²) in [4.78, 5) is 30.5. The lowest BCUT2D eigenvalue weighted by Crippen LogP contribution is -2.29. The molecule has 1 aromatic carbocycles. The molecule has 3 rings (SSSR count). The van der Waals surface area contributed by atoms with Crippen LogP contribution in [0.3, 0.4) is 0 Å². The van der Waals surface area contributed by atoms with E-state index in [0.717, 1.165) is 5.56 Å². The third-order valence-corrected chi connectivity index (χ3v) is 5.14. The molecule has 0 bridgehead atoms. The van der Waals surface area contributed by atoms with Crippen LogP contribution in [0, 0.1) is 5.82 Å². The number of nitrogens with zero attached hydrogens (tertiary/aromatic N) is 2. The molecule has 27 heavy (non-hydrogen) atoms. The molecular weight excluding hydrogens is 385 g/mol. The topological polar surface area (TPSA) is 62.3 Å². The molecule has 0 aliphatic carbocycles. The van der Waals surface area contributed by atoms with Gasteiger partial charge in [-0.25, -0.2) is 9.37 Å². The first kappa shape index (κ1) is 19.2. The number of halogens is 1. The Balaban J connectivity index is 1.53. The number of thiocarbonyl (C=S) groups is 1. The number of benzene rings is 1. The van der Waals surface area contributed by atoms with Crippen LogP contribution in [0.4, 0.5) is 10.2 Å². The maximum Gasteiger partial charge on any atom is 0.266 e. The fourth-order valence-electron chi connectivity index (χ4n) is 2.44. The highest BCUT2D eigenvalue weighted by atomic mass is 32.2. The van der Waals surface area contributed by atoms with Crippen molar-refractivity contribution >= 4 is 52.0 Å². The van der Waals surface area contributed by atoms with Crippen LogP contribution >= 0.6 is 24.0 Å². The first-order valence-electron chi connectivity index (χ1n) is 8.25. The van der Waals surface area contributed by atoms with E-state index in [9.17, 15) is 14.0 Å². The van der Waals surface area contributed by atoms with E-state index in [-0.39, 0.29) is 24.1 Å². The van der Waals surface area contributed by atoms with Crippen LogP contribution in [-0.4, -0.2) is 32.6 Å². The molecule has 2 amide bonds. The van der Waals surface area contributed by atoms with Crippen molar-refractivity contribution in [1.29, 1.82) is 0 Å². The quantitative estimate of drug-likeness (QED) is 0.589. The van der Waals surface area contributed by atoms with Crippen molar-refractivity contribution in [2.24, 2.45) is 0 Å². The zero-order valence-corrected chi connectivity index (χ0v) is 15.9. The zero-order chi connectivity index (χ0) is 19.2. The Labute approximate surface area is 165 Å². The smallest absolute Gasteiger partial charge is 0.266 e. The Morgan fingerprint density at radius 1 is 1.26 bits per heavy atom. The number of carbonyl (C=O) groups excluding carboxylic acids is 2. The minimum absolute atomic E-state index is 0.166. The van der Waals surface area contributed by atoms with Gasteiger partial charge in [0, 0.05) is 19.2 Å². The Morgan fingerprint density at radius 3 is 2.74 bits per heavy atom. The lowest BCUT2D eigenvalue weighted by atomic mass is 10.2. The summed E-state index contributed by atoms with van der Waals surface area (Å²) in [6.45, 7) is 0.362. The summed E-state index contributed by atoms with van der Waals surface area (Å²) in [5.41, 5.74) is 0.728. The average molecular weight is 401 g/mol. The molecule has 1 saturated heterocycles. The van der Waals surface area contributed by atoms with Gasteiger partial charge in [-0.05, 0) is 42.3 Å². The number of rotatable bonds is 6. The lowest BCUT2D eigenvalue weighted by Gasteiger charge is -2.14. The number of amides is 2. The second-order valence-electron chi connectivity index (χ2n) is 5.75. The SMILES string of the molecule is O=C(CCCN1C(=O)C(=Cc2ccc(F)cc2)SC1=S)Nc1ccccn1. The molecule has 0 unspecified atom stereocenters. The molecule has 2 aromatic rings. The Kier molecular flexibility index (Phi) is 6.31. The van der Waals surface area contributed by atoms with Gasteiger partial charge in [0.15, 0.2) is 0 Å². The van der Waals surface area contributed by atoms with Gasteiger partial charge < -0.3 is 5.32 Å². The zero-order valence-electron chi connectivity index (χ0n) is 14.2. The van der Waals surface area contributed by atoms with E-state index in [1.165, 1.54) is 28.8 Å². The first-order chi connectivity index (χ1) is 13.0. The summed E-state index contributed by atoms with van der Waals surface area (Å²) >= 11 is 6.48. The predicted molar refractivity (Wildman–Crippen MR) is 108 cm³/mol. The van der Waals surface area contributed by atoms with Crippen LogP contribution in [0.25, 0.3) is 6.08 Å². The van der Waals surface area contributed by atoms with Crippen LogP contribution in [0.1, 0.15) is 18.4 Å². The molecule has 0 radical (unpaired) electrons. The Morgan fingerprint density at radius 2 is 2.04 bits per heavy atom. The van der Waals surface area contributed by atoms with Gasteiger partial charge in [0.05, 0.1) is 4.91 Å². The number of thioether (sulfide) groups is 1. The number of anilines is 1. The summed E-state index contributed by atoms with van der Waals surface area (Å²) in [7, 11) is 0. The minimum atomic E-state index is -0.330. The Hall–Kier alpha value is -2.58. The maximum absolute atomic E-state index is 13.0. The van der Waals surface area contributed by atoms with Crippen LogP contribution in [0.5, 0.6) is 0 Å². The van der Waals surface area contributed by atoms with Gasteiger partial charge in [-0.15, -0.1) is 0 Å². The third-order valence-electron chi connectivity index (χ3n) is 3.76. The number of nitrogens with one attached hydrogen (secondary N) is 1. The van der Waals surface area contributed by atoms with E-state index in [0.29, 0.717) is 28.0 Å². The molecule has 0 spiro atoms. The van der Waals surface area contributed by atoms with Crippen molar-refractivity contribution in [3.8, 4) is 0 Å². The highest BCUT2D eigenvalue weighted by molar-refractivity contribution is 8.26. The van der Waals surface area contributed by atoms with Crippen LogP contribution < -0.4 is 5.32 Å². The predicted octanol–water partition coefficient (Wildman–Crippen LogP) is 3.84. The molecule has 0 atom stereocenters. The summed E-state index contributed by atoms with van der Waals surface area (Å²) < 4.78 is 13.4. The second kappa shape index (κ2) is 8.88. The minimum Gasteiger partial charge on any atom is -0.311 e. The van der Waals surface area contributed by atoms with Crippen molar-refractivity contribution in [2.75, 3.05) is 11.9 Å². The second-order valence-corrected chi connectivity index (χ2v) is 7.43. The molecule has 5 nitrogen and oxygen atoms in total. The van der Waals surface area contributed by atoms with E-state index >= 15 is 0 Å². The fourth-order valence-corrected chi connectivity index (χ4v) is 3.75. The van der Waals surface area contributed by atoms with Gasteiger partial charge in [-0.1, -0.05) is 42.2 Å². The van der Waals surface area contributed by atoms with Crippen LogP contribution in [0.2, 0.25) is 0 Å². The molecule has 138 valence electrons. The van der Waals surface area contributed by atoms with Crippen LogP contribution in [0.15, 0.2) is 53.6 Å². The molecule has 8 heteroatoms. The van der Waals surface area contributed by atoms with E-state index < -0.39 is 0 Å². The standard InChI is InChI=1S/C19H16FN3O2S2/c20-14-8-6-13(7-9-14)12-15-18(25)23(19(26)27-15)11-3-5-17(24)22-16-4-1-2-10-21-16/h1-2,4,6-10,12H,3,5,11H2,(H,21,22,24). The summed E-state index contributed by atoms with van der Waals surface area (Å²) in [5.74, 6) is -0.195. The van der Waals surface area contributed by atoms with Crippen LogP contribution in [-0.2, 0) is 9.59 Å². The number of pyridine rings is 1. The van der Waals surface area contributed by atoms with E-state index in [1.54, 1.807) is 42.6 Å². The lowest BCUT2D eigenvalue weighted by molar-refractivity contribution is -0.122. The van der Waals surface area contributed by atoms with Gasteiger partial charge >= 0.3 is 0 Å². The molecular formula is C19H16FN3O2S2. The van der Waals surface area contributed by atoms with Gasteiger partial charge in [0.1, 0.15) is 16.0 Å².